The summed E-state index contributed by atoms with van der Waals surface area (Å²) in [5.41, 5.74) is 0. The molecule has 58 valence electrons. The molecule has 0 aromatic rings. The molecular weight excluding hydrogens is 124 g/mol. The van der Waals surface area contributed by atoms with Gasteiger partial charge in [-0.2, -0.15) is 0 Å². The Kier molecular flexibility index (Phi) is 1.15. The van der Waals surface area contributed by atoms with Crippen LogP contribution in [0.1, 0.15) is 13.8 Å². The van der Waals surface area contributed by atoms with Crippen LogP contribution in [0.25, 0.3) is 0 Å². The zero-order valence-corrected chi connectivity index (χ0v) is 7.09. The number of quaternary nitrogens is 1. The normalized spacial score (nSPS) is 58.5. The quantitative estimate of drug-likeness (QED) is 0.430. The van der Waals surface area contributed by atoms with Gasteiger partial charge in [-0.15, -0.1) is 0 Å². The van der Waals surface area contributed by atoms with Crippen molar-refractivity contribution in [2.24, 2.45) is 0 Å². The predicted octanol–water partition coefficient (Wildman–Crippen LogP) is 0.195. The molecule has 0 bridgehead atoms. The van der Waals surface area contributed by atoms with Crippen molar-refractivity contribution in [3.63, 3.8) is 0 Å². The van der Waals surface area contributed by atoms with E-state index in [1.54, 1.807) is 0 Å². The molecule has 4 atom stereocenters. The summed E-state index contributed by atoms with van der Waals surface area (Å²) >= 11 is 0. The lowest BCUT2D eigenvalue weighted by molar-refractivity contribution is -0.802. The molecule has 0 aromatic heterocycles. The van der Waals surface area contributed by atoms with E-state index in [0.29, 0.717) is 0 Å². The SMILES string of the molecule is CC[N+]1(C)C(C)C1C1CN1. The molecule has 2 heteroatoms. The van der Waals surface area contributed by atoms with Gasteiger partial charge >= 0.3 is 0 Å². The maximum absolute atomic E-state index is 3.40. The first-order chi connectivity index (χ1) is 4.70. The third-order valence-corrected chi connectivity index (χ3v) is 3.55. The summed E-state index contributed by atoms with van der Waals surface area (Å²) in [5, 5.41) is 3.40. The molecule has 0 radical (unpaired) electrons. The maximum atomic E-state index is 3.40. The van der Waals surface area contributed by atoms with Gasteiger partial charge in [0, 0.05) is 6.54 Å². The van der Waals surface area contributed by atoms with Crippen molar-refractivity contribution >= 4 is 0 Å². The van der Waals surface area contributed by atoms with Crippen LogP contribution in [0.15, 0.2) is 0 Å². The lowest BCUT2D eigenvalue weighted by Crippen LogP contribution is -2.26. The minimum Gasteiger partial charge on any atom is -0.310 e. The van der Waals surface area contributed by atoms with Crippen LogP contribution in [0.4, 0.5) is 0 Å². The molecule has 2 rings (SSSR count). The number of likely N-dealkylation sites (N-methyl/N-ethyl adjacent to an activating group) is 1. The van der Waals surface area contributed by atoms with E-state index in [9.17, 15) is 0 Å². The molecule has 2 heterocycles. The van der Waals surface area contributed by atoms with Crippen LogP contribution in [0, 0.1) is 0 Å². The largest absolute Gasteiger partial charge is 0.310 e. The van der Waals surface area contributed by atoms with E-state index in [1.807, 2.05) is 0 Å². The van der Waals surface area contributed by atoms with Crippen LogP contribution in [0.2, 0.25) is 0 Å². The highest BCUT2D eigenvalue weighted by molar-refractivity contribution is 5.02. The number of nitrogens with zero attached hydrogens (tertiary/aromatic N) is 1. The van der Waals surface area contributed by atoms with E-state index in [4.69, 9.17) is 0 Å². The summed E-state index contributed by atoms with van der Waals surface area (Å²) in [6, 6.07) is 2.70. The zero-order valence-electron chi connectivity index (χ0n) is 7.09. The molecule has 0 aliphatic carbocycles. The van der Waals surface area contributed by atoms with E-state index >= 15 is 0 Å². The van der Waals surface area contributed by atoms with E-state index in [-0.39, 0.29) is 0 Å². The van der Waals surface area contributed by atoms with Gasteiger partial charge in [0.1, 0.15) is 6.04 Å². The minimum absolute atomic E-state index is 0.861. The number of nitrogens with one attached hydrogen (secondary N) is 1. The Morgan fingerprint density at radius 3 is 2.50 bits per heavy atom. The monoisotopic (exact) mass is 141 g/mol. The van der Waals surface area contributed by atoms with Gasteiger partial charge in [-0.05, 0) is 13.8 Å². The summed E-state index contributed by atoms with van der Waals surface area (Å²) in [7, 11) is 2.37. The van der Waals surface area contributed by atoms with Crippen LogP contribution in [-0.2, 0) is 0 Å². The average Bonchev–Trinajstić information content (AvgIpc) is 2.75. The second-order valence-electron chi connectivity index (χ2n) is 3.91. The van der Waals surface area contributed by atoms with Crippen molar-refractivity contribution in [3.05, 3.63) is 0 Å². The van der Waals surface area contributed by atoms with Crippen LogP contribution in [-0.4, -0.2) is 42.7 Å². The second-order valence-corrected chi connectivity index (χ2v) is 3.91. The van der Waals surface area contributed by atoms with Crippen molar-refractivity contribution in [1.29, 1.82) is 0 Å². The summed E-state index contributed by atoms with van der Waals surface area (Å²) in [5.74, 6) is 0. The first-order valence-corrected chi connectivity index (χ1v) is 4.28. The van der Waals surface area contributed by atoms with E-state index < -0.39 is 0 Å². The molecule has 1 N–H and O–H groups in total. The van der Waals surface area contributed by atoms with Crippen molar-refractivity contribution < 1.29 is 4.48 Å². The zero-order chi connectivity index (χ0) is 7.35. The van der Waals surface area contributed by atoms with Gasteiger partial charge < -0.3 is 9.80 Å². The van der Waals surface area contributed by atoms with Crippen molar-refractivity contribution in [3.8, 4) is 0 Å². The summed E-state index contributed by atoms with van der Waals surface area (Å²) in [6.45, 7) is 7.22. The van der Waals surface area contributed by atoms with Crippen LogP contribution in [0.3, 0.4) is 0 Å². The lowest BCUT2D eigenvalue weighted by atomic mass is 10.3. The Balaban J connectivity index is 2.01. The summed E-state index contributed by atoms with van der Waals surface area (Å²) < 4.78 is 1.30. The standard InChI is InChI=1S/C8H17N2/c1-4-10(3)6(2)8(10)7-5-9-7/h6-9H,4-5H2,1-3H3/q+1. The fourth-order valence-electron chi connectivity index (χ4n) is 2.29. The fraction of sp³-hybridized carbons (Fsp3) is 1.00. The highest BCUT2D eigenvalue weighted by Crippen LogP contribution is 2.41. The van der Waals surface area contributed by atoms with Gasteiger partial charge in [0.25, 0.3) is 0 Å². The third-order valence-electron chi connectivity index (χ3n) is 3.55. The Morgan fingerprint density at radius 1 is 1.60 bits per heavy atom. The topological polar surface area (TPSA) is 21.9 Å². The molecule has 0 aromatic carbocycles. The first kappa shape index (κ1) is 6.62. The molecule has 0 amide bonds. The Morgan fingerprint density at radius 2 is 2.20 bits per heavy atom. The smallest absolute Gasteiger partial charge is 0.158 e. The van der Waals surface area contributed by atoms with Gasteiger partial charge in [-0.25, -0.2) is 0 Å². The molecule has 2 nitrogen and oxygen atoms in total. The van der Waals surface area contributed by atoms with E-state index in [1.165, 1.54) is 17.6 Å². The summed E-state index contributed by atoms with van der Waals surface area (Å²) in [4.78, 5) is 0. The van der Waals surface area contributed by atoms with Gasteiger partial charge in [-0.3, -0.25) is 0 Å². The third kappa shape index (κ3) is 0.663. The molecule has 2 aliphatic heterocycles. The molecule has 2 fully saturated rings. The molecule has 0 spiro atoms. The number of hydrogen-bond acceptors (Lipinski definition) is 1. The molecule has 0 saturated carbocycles. The van der Waals surface area contributed by atoms with Crippen LogP contribution >= 0.6 is 0 Å². The lowest BCUT2D eigenvalue weighted by Gasteiger charge is -2.10. The first-order valence-electron chi connectivity index (χ1n) is 4.28. The van der Waals surface area contributed by atoms with Crippen LogP contribution < -0.4 is 5.32 Å². The van der Waals surface area contributed by atoms with Gasteiger partial charge in [0.15, 0.2) is 6.04 Å². The molecular formula is C8H17N2+. The fourth-order valence-corrected chi connectivity index (χ4v) is 2.29. The Labute approximate surface area is 62.8 Å². The maximum Gasteiger partial charge on any atom is 0.158 e. The van der Waals surface area contributed by atoms with Crippen molar-refractivity contribution in [2.75, 3.05) is 20.1 Å². The number of hydrogen-bond donors (Lipinski definition) is 1. The second kappa shape index (κ2) is 1.74. The summed E-state index contributed by atoms with van der Waals surface area (Å²) in [6.07, 6.45) is 0. The van der Waals surface area contributed by atoms with Gasteiger partial charge in [0.05, 0.1) is 19.6 Å². The van der Waals surface area contributed by atoms with Crippen molar-refractivity contribution in [1.82, 2.24) is 5.32 Å². The van der Waals surface area contributed by atoms with Crippen LogP contribution in [0.5, 0.6) is 0 Å². The molecule has 10 heavy (non-hydrogen) atoms. The molecule has 4 unspecified atom stereocenters. The van der Waals surface area contributed by atoms with Gasteiger partial charge in [0.2, 0.25) is 0 Å². The van der Waals surface area contributed by atoms with Crippen molar-refractivity contribution in [2.45, 2.75) is 32.0 Å². The van der Waals surface area contributed by atoms with Gasteiger partial charge in [-0.1, -0.05) is 0 Å². The molecule has 2 aliphatic rings. The predicted molar refractivity (Wildman–Crippen MR) is 41.8 cm³/mol. The minimum atomic E-state index is 0.861. The Hall–Kier alpha value is -0.0800. The number of rotatable bonds is 2. The molecule has 2 saturated heterocycles. The average molecular weight is 141 g/mol. The Bertz CT molecular complexity index is 153. The highest BCUT2D eigenvalue weighted by atomic mass is 15.5. The van der Waals surface area contributed by atoms with E-state index in [0.717, 1.165) is 18.1 Å². The highest BCUT2D eigenvalue weighted by Gasteiger charge is 2.65. The van der Waals surface area contributed by atoms with E-state index in [2.05, 4.69) is 26.2 Å².